The van der Waals surface area contributed by atoms with Gasteiger partial charge in [0.15, 0.2) is 0 Å². The van der Waals surface area contributed by atoms with E-state index in [4.69, 9.17) is 4.74 Å². The van der Waals surface area contributed by atoms with Crippen LogP contribution in [0, 0.1) is 5.82 Å². The van der Waals surface area contributed by atoms with Crippen molar-refractivity contribution in [3.05, 3.63) is 56.4 Å². The number of amides is 1. The number of piperidine rings is 1. The Morgan fingerprint density at radius 2 is 1.88 bits per heavy atom. The SMILES string of the molecule is O=C(c1ccc(Br)s1)N1CCC2(CC1)CC(O)(c1ccc(F)cc1)CO2. The number of ether oxygens (including phenoxy) is 1. The Hall–Kier alpha value is -1.28. The van der Waals surface area contributed by atoms with Crippen LogP contribution in [-0.4, -0.2) is 41.2 Å². The van der Waals surface area contributed by atoms with Crippen molar-refractivity contribution in [1.29, 1.82) is 0 Å². The maximum atomic E-state index is 13.2. The van der Waals surface area contributed by atoms with Gasteiger partial charge < -0.3 is 14.7 Å². The molecule has 2 saturated heterocycles. The molecule has 2 aromatic rings. The summed E-state index contributed by atoms with van der Waals surface area (Å²) in [5.41, 5.74) is -0.841. The molecule has 0 saturated carbocycles. The Bertz CT molecular complexity index is 816. The van der Waals surface area contributed by atoms with Gasteiger partial charge in [-0.15, -0.1) is 11.3 Å². The molecule has 1 aromatic heterocycles. The number of carbonyl (C=O) groups excluding carboxylic acids is 1. The number of likely N-dealkylation sites (tertiary alicyclic amines) is 1. The van der Waals surface area contributed by atoms with Crippen molar-refractivity contribution in [2.24, 2.45) is 0 Å². The van der Waals surface area contributed by atoms with Gasteiger partial charge in [-0.05, 0) is 58.6 Å². The second-order valence-corrected chi connectivity index (χ2v) is 9.55. The van der Waals surface area contributed by atoms with Crippen molar-refractivity contribution in [2.45, 2.75) is 30.5 Å². The van der Waals surface area contributed by atoms with E-state index in [0.29, 0.717) is 37.9 Å². The molecule has 1 spiro atoms. The van der Waals surface area contributed by atoms with Crippen LogP contribution < -0.4 is 0 Å². The molecular formula is C19H19BrFNO3S. The zero-order chi connectivity index (χ0) is 18.4. The Kier molecular flexibility index (Phi) is 4.67. The van der Waals surface area contributed by atoms with Gasteiger partial charge >= 0.3 is 0 Å². The number of halogens is 2. The average molecular weight is 440 g/mol. The van der Waals surface area contributed by atoms with E-state index >= 15 is 0 Å². The Morgan fingerprint density at radius 3 is 2.50 bits per heavy atom. The Balaban J connectivity index is 1.43. The van der Waals surface area contributed by atoms with Crippen molar-refractivity contribution in [2.75, 3.05) is 19.7 Å². The second-order valence-electron chi connectivity index (χ2n) is 7.08. The highest BCUT2D eigenvalue weighted by molar-refractivity contribution is 9.11. The van der Waals surface area contributed by atoms with Crippen LogP contribution in [0.2, 0.25) is 0 Å². The van der Waals surface area contributed by atoms with E-state index < -0.39 is 11.2 Å². The van der Waals surface area contributed by atoms with E-state index in [2.05, 4.69) is 15.9 Å². The zero-order valence-electron chi connectivity index (χ0n) is 14.1. The standard InChI is InChI=1S/C19H19BrFNO3S/c20-16-6-5-15(26-16)17(23)22-9-7-18(8-10-22)11-19(24,12-25-18)13-1-3-14(21)4-2-13/h1-6,24H,7-12H2. The number of hydrogen-bond acceptors (Lipinski definition) is 4. The lowest BCUT2D eigenvalue weighted by molar-refractivity contribution is -0.0430. The fraction of sp³-hybridized carbons (Fsp3) is 0.421. The first-order valence-electron chi connectivity index (χ1n) is 8.56. The molecule has 1 aromatic carbocycles. The Morgan fingerprint density at radius 1 is 1.19 bits per heavy atom. The van der Waals surface area contributed by atoms with Crippen LogP contribution in [-0.2, 0) is 10.3 Å². The van der Waals surface area contributed by atoms with Gasteiger partial charge in [0.2, 0.25) is 0 Å². The van der Waals surface area contributed by atoms with Gasteiger partial charge in [-0.25, -0.2) is 4.39 Å². The highest BCUT2D eigenvalue weighted by Crippen LogP contribution is 2.45. The number of hydrogen-bond donors (Lipinski definition) is 1. The average Bonchev–Trinajstić information content (AvgIpc) is 3.20. The van der Waals surface area contributed by atoms with Crippen molar-refractivity contribution >= 4 is 33.2 Å². The van der Waals surface area contributed by atoms with Crippen molar-refractivity contribution in [3.8, 4) is 0 Å². The molecule has 0 bridgehead atoms. The summed E-state index contributed by atoms with van der Waals surface area (Å²) in [6, 6.07) is 9.67. The molecule has 1 atom stereocenters. The number of aliphatic hydroxyl groups is 1. The monoisotopic (exact) mass is 439 g/mol. The quantitative estimate of drug-likeness (QED) is 0.770. The van der Waals surface area contributed by atoms with Gasteiger partial charge in [0.05, 0.1) is 20.9 Å². The van der Waals surface area contributed by atoms with Crippen LogP contribution >= 0.6 is 27.3 Å². The third-order valence-electron chi connectivity index (χ3n) is 5.36. The lowest BCUT2D eigenvalue weighted by Crippen LogP contribution is -2.46. The van der Waals surface area contributed by atoms with Gasteiger partial charge in [0.1, 0.15) is 11.4 Å². The third-order valence-corrected chi connectivity index (χ3v) is 6.97. The molecule has 1 amide bonds. The van der Waals surface area contributed by atoms with Gasteiger partial charge in [-0.3, -0.25) is 4.79 Å². The van der Waals surface area contributed by atoms with E-state index in [1.54, 1.807) is 12.1 Å². The van der Waals surface area contributed by atoms with Crippen LogP contribution in [0.15, 0.2) is 40.2 Å². The number of carbonyl (C=O) groups is 1. The first kappa shape index (κ1) is 18.1. The van der Waals surface area contributed by atoms with Crippen LogP contribution in [0.3, 0.4) is 0 Å². The van der Waals surface area contributed by atoms with Gasteiger partial charge in [0.25, 0.3) is 5.91 Å². The fourth-order valence-corrected chi connectivity index (χ4v) is 5.23. The molecule has 0 aliphatic carbocycles. The summed E-state index contributed by atoms with van der Waals surface area (Å²) < 4.78 is 20.1. The summed E-state index contributed by atoms with van der Waals surface area (Å²) in [4.78, 5) is 15.2. The summed E-state index contributed by atoms with van der Waals surface area (Å²) in [7, 11) is 0. The van der Waals surface area contributed by atoms with E-state index in [0.717, 1.165) is 8.66 Å². The molecule has 138 valence electrons. The van der Waals surface area contributed by atoms with Gasteiger partial charge in [-0.2, -0.15) is 0 Å². The lowest BCUT2D eigenvalue weighted by atomic mass is 9.80. The fourth-order valence-electron chi connectivity index (χ4n) is 3.88. The van der Waals surface area contributed by atoms with Crippen molar-refractivity contribution < 1.29 is 19.0 Å². The first-order chi connectivity index (χ1) is 12.4. The smallest absolute Gasteiger partial charge is 0.263 e. The van der Waals surface area contributed by atoms with E-state index in [1.807, 2.05) is 17.0 Å². The van der Waals surface area contributed by atoms with E-state index in [-0.39, 0.29) is 18.3 Å². The van der Waals surface area contributed by atoms with E-state index in [9.17, 15) is 14.3 Å². The van der Waals surface area contributed by atoms with Crippen LogP contribution in [0.1, 0.15) is 34.5 Å². The summed E-state index contributed by atoms with van der Waals surface area (Å²) in [5.74, 6) is -0.277. The number of nitrogens with zero attached hydrogens (tertiary/aromatic N) is 1. The first-order valence-corrected chi connectivity index (χ1v) is 10.2. The molecule has 7 heteroatoms. The van der Waals surface area contributed by atoms with Crippen molar-refractivity contribution in [3.63, 3.8) is 0 Å². The molecule has 2 aliphatic rings. The molecular weight excluding hydrogens is 421 g/mol. The topological polar surface area (TPSA) is 49.8 Å². The highest BCUT2D eigenvalue weighted by Gasteiger charge is 2.51. The second kappa shape index (κ2) is 6.71. The summed E-state index contributed by atoms with van der Waals surface area (Å²) in [6.07, 6.45) is 1.85. The zero-order valence-corrected chi connectivity index (χ0v) is 16.5. The lowest BCUT2D eigenvalue weighted by Gasteiger charge is -2.39. The minimum atomic E-state index is -1.10. The molecule has 3 heterocycles. The number of rotatable bonds is 2. The predicted molar refractivity (Wildman–Crippen MR) is 101 cm³/mol. The largest absolute Gasteiger partial charge is 0.383 e. The minimum absolute atomic E-state index is 0.0438. The molecule has 2 aliphatic heterocycles. The number of thiophene rings is 1. The van der Waals surface area contributed by atoms with E-state index in [1.165, 1.54) is 23.5 Å². The molecule has 1 unspecified atom stereocenters. The molecule has 0 radical (unpaired) electrons. The summed E-state index contributed by atoms with van der Waals surface area (Å²) in [6.45, 7) is 1.41. The van der Waals surface area contributed by atoms with Crippen molar-refractivity contribution in [1.82, 2.24) is 4.90 Å². The summed E-state index contributed by atoms with van der Waals surface area (Å²) >= 11 is 4.82. The highest BCUT2D eigenvalue weighted by atomic mass is 79.9. The molecule has 2 fully saturated rings. The molecule has 1 N–H and O–H groups in total. The van der Waals surface area contributed by atoms with Crippen LogP contribution in [0.25, 0.3) is 0 Å². The Labute approximate surface area is 163 Å². The van der Waals surface area contributed by atoms with Crippen LogP contribution in [0.4, 0.5) is 4.39 Å². The summed E-state index contributed by atoms with van der Waals surface area (Å²) in [5, 5.41) is 11.0. The normalized spacial score (nSPS) is 25.0. The predicted octanol–water partition coefficient (Wildman–Crippen LogP) is 3.93. The van der Waals surface area contributed by atoms with Gasteiger partial charge in [-0.1, -0.05) is 12.1 Å². The maximum Gasteiger partial charge on any atom is 0.263 e. The number of benzene rings is 1. The minimum Gasteiger partial charge on any atom is -0.383 e. The van der Waals surface area contributed by atoms with Gasteiger partial charge in [0, 0.05) is 19.5 Å². The van der Waals surface area contributed by atoms with Crippen LogP contribution in [0.5, 0.6) is 0 Å². The maximum absolute atomic E-state index is 13.2. The molecule has 4 nitrogen and oxygen atoms in total. The third kappa shape index (κ3) is 3.33. The molecule has 26 heavy (non-hydrogen) atoms. The molecule has 4 rings (SSSR count).